The van der Waals surface area contributed by atoms with Crippen molar-refractivity contribution in [2.75, 3.05) is 26.2 Å². The third-order valence-electron chi connectivity index (χ3n) is 3.97. The summed E-state index contributed by atoms with van der Waals surface area (Å²) in [6.07, 6.45) is 4.78. The predicted molar refractivity (Wildman–Crippen MR) is 73.4 cm³/mol. The van der Waals surface area contributed by atoms with Crippen molar-refractivity contribution in [2.24, 2.45) is 5.92 Å². The minimum absolute atomic E-state index is 0.0640. The van der Waals surface area contributed by atoms with Crippen molar-refractivity contribution in [3.05, 3.63) is 0 Å². The van der Waals surface area contributed by atoms with Gasteiger partial charge in [-0.1, -0.05) is 13.8 Å². The summed E-state index contributed by atoms with van der Waals surface area (Å²) in [5, 5.41) is 12.5. The van der Waals surface area contributed by atoms with Crippen molar-refractivity contribution in [3.63, 3.8) is 0 Å². The number of hydrogen-bond donors (Lipinski definition) is 2. The Balaban J connectivity index is 2.52. The lowest BCUT2D eigenvalue weighted by atomic mass is 9.93. The molecule has 0 aromatic heterocycles. The summed E-state index contributed by atoms with van der Waals surface area (Å²) in [6.45, 7) is 6.82. The molecule has 4 heteroatoms. The molecule has 0 atom stereocenters. The number of hydrogen-bond acceptors (Lipinski definition) is 3. The van der Waals surface area contributed by atoms with E-state index in [4.69, 9.17) is 5.11 Å². The quantitative estimate of drug-likeness (QED) is 0.723. The molecule has 1 fully saturated rings. The number of nitrogens with one attached hydrogen (secondary N) is 1. The fourth-order valence-electron chi connectivity index (χ4n) is 2.80. The molecule has 0 spiro atoms. The van der Waals surface area contributed by atoms with Gasteiger partial charge in [-0.25, -0.2) is 0 Å². The van der Waals surface area contributed by atoms with E-state index in [0.29, 0.717) is 18.9 Å². The smallest absolute Gasteiger partial charge is 0.223 e. The van der Waals surface area contributed by atoms with Crippen LogP contribution in [-0.4, -0.2) is 48.2 Å². The molecule has 1 heterocycles. The first-order valence-corrected chi connectivity index (χ1v) is 7.33. The van der Waals surface area contributed by atoms with Crippen LogP contribution in [-0.2, 0) is 4.79 Å². The Morgan fingerprint density at radius 2 is 1.94 bits per heavy atom. The van der Waals surface area contributed by atoms with Gasteiger partial charge in [0.15, 0.2) is 0 Å². The number of aliphatic hydroxyl groups excluding tert-OH is 1. The molecule has 0 aromatic rings. The van der Waals surface area contributed by atoms with Crippen molar-refractivity contribution in [2.45, 2.75) is 52.0 Å². The van der Waals surface area contributed by atoms with Crippen molar-refractivity contribution >= 4 is 5.91 Å². The zero-order chi connectivity index (χ0) is 13.4. The summed E-state index contributed by atoms with van der Waals surface area (Å²) >= 11 is 0. The van der Waals surface area contributed by atoms with Gasteiger partial charge in [0.1, 0.15) is 0 Å². The zero-order valence-corrected chi connectivity index (χ0v) is 11.8. The Kier molecular flexibility index (Phi) is 7.28. The number of amides is 1. The minimum Gasteiger partial charge on any atom is -0.395 e. The maximum atomic E-state index is 12.4. The van der Waals surface area contributed by atoms with Crippen molar-refractivity contribution < 1.29 is 9.90 Å². The monoisotopic (exact) mass is 256 g/mol. The third-order valence-corrected chi connectivity index (χ3v) is 3.97. The van der Waals surface area contributed by atoms with E-state index in [9.17, 15) is 4.79 Å². The summed E-state index contributed by atoms with van der Waals surface area (Å²) in [5.74, 6) is 0.749. The van der Waals surface area contributed by atoms with Gasteiger partial charge in [-0.05, 0) is 44.7 Å². The van der Waals surface area contributed by atoms with Crippen LogP contribution in [0.4, 0.5) is 0 Å². The summed E-state index contributed by atoms with van der Waals surface area (Å²) in [7, 11) is 0. The van der Waals surface area contributed by atoms with Gasteiger partial charge in [0, 0.05) is 19.0 Å². The Morgan fingerprint density at radius 1 is 1.33 bits per heavy atom. The number of carbonyl (C=O) groups is 1. The summed E-state index contributed by atoms with van der Waals surface area (Å²) in [6, 6.07) is 0.284. The van der Waals surface area contributed by atoms with Crippen molar-refractivity contribution in [3.8, 4) is 0 Å². The highest BCUT2D eigenvalue weighted by atomic mass is 16.3. The predicted octanol–water partition coefficient (Wildman–Crippen LogP) is 1.39. The third kappa shape index (κ3) is 4.58. The Morgan fingerprint density at radius 3 is 2.44 bits per heavy atom. The van der Waals surface area contributed by atoms with Gasteiger partial charge in [0.05, 0.1) is 6.61 Å². The molecular weight excluding hydrogens is 228 g/mol. The van der Waals surface area contributed by atoms with Crippen LogP contribution in [0.1, 0.15) is 46.0 Å². The van der Waals surface area contributed by atoms with Crippen LogP contribution in [0, 0.1) is 5.92 Å². The van der Waals surface area contributed by atoms with E-state index in [1.807, 2.05) is 4.90 Å². The summed E-state index contributed by atoms with van der Waals surface area (Å²) in [5.41, 5.74) is 0. The highest BCUT2D eigenvalue weighted by molar-refractivity contribution is 5.76. The van der Waals surface area contributed by atoms with Gasteiger partial charge in [0.2, 0.25) is 5.91 Å². The van der Waals surface area contributed by atoms with Crippen LogP contribution >= 0.6 is 0 Å². The molecule has 0 aliphatic carbocycles. The van der Waals surface area contributed by atoms with Crippen LogP contribution in [0.15, 0.2) is 0 Å². The molecule has 1 rings (SSSR count). The van der Waals surface area contributed by atoms with Crippen LogP contribution in [0.5, 0.6) is 0 Å². The zero-order valence-electron chi connectivity index (χ0n) is 11.8. The molecule has 1 aliphatic heterocycles. The van der Waals surface area contributed by atoms with Crippen molar-refractivity contribution in [1.29, 1.82) is 0 Å². The maximum absolute atomic E-state index is 12.4. The van der Waals surface area contributed by atoms with Crippen LogP contribution in [0.2, 0.25) is 0 Å². The van der Waals surface area contributed by atoms with E-state index in [1.165, 1.54) is 0 Å². The maximum Gasteiger partial charge on any atom is 0.223 e. The van der Waals surface area contributed by atoms with E-state index < -0.39 is 0 Å². The molecular formula is C14H28N2O2. The summed E-state index contributed by atoms with van der Waals surface area (Å²) in [4.78, 5) is 14.2. The highest BCUT2D eigenvalue weighted by Gasteiger charge is 2.24. The molecule has 106 valence electrons. The minimum atomic E-state index is 0.0640. The van der Waals surface area contributed by atoms with Gasteiger partial charge in [0.25, 0.3) is 0 Å². The number of rotatable bonds is 7. The lowest BCUT2D eigenvalue weighted by molar-refractivity contribution is -0.135. The number of piperidine rings is 1. The molecule has 0 saturated carbocycles. The SMILES string of the molecule is CCC(CC)N(CCO)C(=O)CC1CCNCC1. The van der Waals surface area contributed by atoms with E-state index in [-0.39, 0.29) is 18.6 Å². The second-order valence-electron chi connectivity index (χ2n) is 5.18. The average molecular weight is 256 g/mol. The standard InChI is InChI=1S/C14H28N2O2/c1-3-13(4-2)16(9-10-17)14(18)11-12-5-7-15-8-6-12/h12-13,15,17H,3-11H2,1-2H3. The molecule has 0 bridgehead atoms. The number of carbonyl (C=O) groups excluding carboxylic acids is 1. The van der Waals surface area contributed by atoms with E-state index >= 15 is 0 Å². The normalized spacial score (nSPS) is 17.1. The summed E-state index contributed by atoms with van der Waals surface area (Å²) < 4.78 is 0. The fraction of sp³-hybridized carbons (Fsp3) is 0.929. The van der Waals surface area contributed by atoms with E-state index in [1.54, 1.807) is 0 Å². The average Bonchev–Trinajstić information content (AvgIpc) is 2.40. The molecule has 4 nitrogen and oxygen atoms in total. The Bertz CT molecular complexity index is 236. The number of nitrogens with zero attached hydrogens (tertiary/aromatic N) is 1. The van der Waals surface area contributed by atoms with Gasteiger partial charge >= 0.3 is 0 Å². The lowest BCUT2D eigenvalue weighted by Crippen LogP contribution is -2.43. The van der Waals surface area contributed by atoms with E-state index in [0.717, 1.165) is 38.8 Å². The fourth-order valence-corrected chi connectivity index (χ4v) is 2.80. The first-order valence-electron chi connectivity index (χ1n) is 7.33. The van der Waals surface area contributed by atoms with Gasteiger partial charge < -0.3 is 15.3 Å². The second kappa shape index (κ2) is 8.48. The Hall–Kier alpha value is -0.610. The second-order valence-corrected chi connectivity index (χ2v) is 5.18. The number of aliphatic hydroxyl groups is 1. The molecule has 1 amide bonds. The first-order chi connectivity index (χ1) is 8.72. The molecule has 0 unspecified atom stereocenters. The molecule has 1 saturated heterocycles. The molecule has 0 aromatic carbocycles. The van der Waals surface area contributed by atoms with E-state index in [2.05, 4.69) is 19.2 Å². The molecule has 1 aliphatic rings. The van der Waals surface area contributed by atoms with Crippen LogP contribution in [0.3, 0.4) is 0 Å². The van der Waals surface area contributed by atoms with Crippen LogP contribution in [0.25, 0.3) is 0 Å². The van der Waals surface area contributed by atoms with Gasteiger partial charge in [-0.15, -0.1) is 0 Å². The lowest BCUT2D eigenvalue weighted by Gasteiger charge is -2.32. The van der Waals surface area contributed by atoms with Crippen molar-refractivity contribution in [1.82, 2.24) is 10.2 Å². The van der Waals surface area contributed by atoms with Gasteiger partial charge in [-0.2, -0.15) is 0 Å². The topological polar surface area (TPSA) is 52.6 Å². The molecule has 2 N–H and O–H groups in total. The molecule has 0 radical (unpaired) electrons. The van der Waals surface area contributed by atoms with Crippen LogP contribution < -0.4 is 5.32 Å². The highest BCUT2D eigenvalue weighted by Crippen LogP contribution is 2.19. The molecule has 18 heavy (non-hydrogen) atoms. The largest absolute Gasteiger partial charge is 0.395 e. The first kappa shape index (κ1) is 15.4. The van der Waals surface area contributed by atoms with Gasteiger partial charge in [-0.3, -0.25) is 4.79 Å². The Labute approximate surface area is 111 Å².